The van der Waals surface area contributed by atoms with Crippen LogP contribution in [0.1, 0.15) is 18.0 Å². The van der Waals surface area contributed by atoms with Crippen molar-refractivity contribution in [1.82, 2.24) is 10.2 Å². The summed E-state index contributed by atoms with van der Waals surface area (Å²) in [4.78, 5) is 2.36. The smallest absolute Gasteiger partial charge is 0.160 e. The number of aromatic hydroxyl groups is 1. The summed E-state index contributed by atoms with van der Waals surface area (Å²) < 4.78 is 5.16. The average molecular weight is 303 g/mol. The Morgan fingerprint density at radius 2 is 2.05 bits per heavy atom. The van der Waals surface area contributed by atoms with E-state index in [-0.39, 0.29) is 30.8 Å². The van der Waals surface area contributed by atoms with E-state index < -0.39 is 0 Å². The number of phenols is 1. The van der Waals surface area contributed by atoms with Crippen molar-refractivity contribution in [2.75, 3.05) is 39.9 Å². The second-order valence-electron chi connectivity index (χ2n) is 4.75. The molecule has 5 nitrogen and oxygen atoms in total. The largest absolute Gasteiger partial charge is 0.504 e. The first-order chi connectivity index (χ1) is 9.26. The number of ether oxygens (including phenoxy) is 1. The molecule has 1 aliphatic rings. The average Bonchev–Trinajstić information content (AvgIpc) is 2.46. The van der Waals surface area contributed by atoms with Gasteiger partial charge in [-0.05, 0) is 24.1 Å². The SMILES string of the molecule is COc1cc([C@@H](CCO)N2CCNCC2)ccc1O.Cl. The molecule has 1 aliphatic heterocycles. The Morgan fingerprint density at radius 1 is 1.35 bits per heavy atom. The van der Waals surface area contributed by atoms with Gasteiger partial charge in [0.2, 0.25) is 0 Å². The van der Waals surface area contributed by atoms with E-state index in [1.807, 2.05) is 12.1 Å². The van der Waals surface area contributed by atoms with Gasteiger partial charge in [0.15, 0.2) is 11.5 Å². The molecule has 0 radical (unpaired) electrons. The normalized spacial score (nSPS) is 17.3. The van der Waals surface area contributed by atoms with Gasteiger partial charge in [-0.15, -0.1) is 12.4 Å². The summed E-state index contributed by atoms with van der Waals surface area (Å²) in [5, 5.41) is 22.3. The number of nitrogens with one attached hydrogen (secondary N) is 1. The van der Waals surface area contributed by atoms with Crippen molar-refractivity contribution >= 4 is 12.4 Å². The van der Waals surface area contributed by atoms with E-state index in [1.165, 1.54) is 0 Å². The molecular formula is C14H23ClN2O3. The lowest BCUT2D eigenvalue weighted by Crippen LogP contribution is -2.45. The fourth-order valence-electron chi connectivity index (χ4n) is 2.58. The number of rotatable bonds is 5. The van der Waals surface area contributed by atoms with E-state index in [1.54, 1.807) is 13.2 Å². The summed E-state index contributed by atoms with van der Waals surface area (Å²) in [5.41, 5.74) is 1.07. The first-order valence-electron chi connectivity index (χ1n) is 6.68. The van der Waals surface area contributed by atoms with E-state index in [4.69, 9.17) is 4.74 Å². The van der Waals surface area contributed by atoms with Crippen LogP contribution in [-0.4, -0.2) is 55.0 Å². The molecule has 2 rings (SSSR count). The van der Waals surface area contributed by atoms with Gasteiger partial charge < -0.3 is 20.3 Å². The minimum Gasteiger partial charge on any atom is -0.504 e. The molecule has 20 heavy (non-hydrogen) atoms. The first-order valence-corrected chi connectivity index (χ1v) is 6.68. The molecule has 1 saturated heterocycles. The maximum atomic E-state index is 9.66. The zero-order chi connectivity index (χ0) is 13.7. The van der Waals surface area contributed by atoms with Crippen molar-refractivity contribution in [2.24, 2.45) is 0 Å². The third-order valence-corrected chi connectivity index (χ3v) is 3.58. The van der Waals surface area contributed by atoms with Crippen LogP contribution < -0.4 is 10.1 Å². The van der Waals surface area contributed by atoms with Crippen molar-refractivity contribution in [2.45, 2.75) is 12.5 Å². The van der Waals surface area contributed by atoms with Gasteiger partial charge in [0, 0.05) is 38.8 Å². The van der Waals surface area contributed by atoms with E-state index in [0.29, 0.717) is 12.2 Å². The van der Waals surface area contributed by atoms with Crippen molar-refractivity contribution in [3.63, 3.8) is 0 Å². The predicted molar refractivity (Wildman–Crippen MR) is 80.8 cm³/mol. The van der Waals surface area contributed by atoms with Crippen LogP contribution >= 0.6 is 12.4 Å². The molecule has 1 aromatic carbocycles. The fourth-order valence-corrected chi connectivity index (χ4v) is 2.58. The quantitative estimate of drug-likeness (QED) is 0.761. The maximum absolute atomic E-state index is 9.66. The van der Waals surface area contributed by atoms with Gasteiger partial charge in [-0.2, -0.15) is 0 Å². The Bertz CT molecular complexity index is 411. The number of aliphatic hydroxyl groups is 1. The van der Waals surface area contributed by atoms with Gasteiger partial charge in [-0.1, -0.05) is 6.07 Å². The number of halogens is 1. The Kier molecular flexibility index (Phi) is 7.09. The molecule has 0 aliphatic carbocycles. The second-order valence-corrected chi connectivity index (χ2v) is 4.75. The fraction of sp³-hybridized carbons (Fsp3) is 0.571. The lowest BCUT2D eigenvalue weighted by molar-refractivity contribution is 0.141. The van der Waals surface area contributed by atoms with Crippen LogP contribution in [0.4, 0.5) is 0 Å². The highest BCUT2D eigenvalue weighted by Crippen LogP contribution is 2.32. The number of benzene rings is 1. The molecule has 3 N–H and O–H groups in total. The molecule has 0 saturated carbocycles. The third kappa shape index (κ3) is 3.99. The molecule has 1 fully saturated rings. The minimum atomic E-state index is 0. The molecule has 0 aromatic heterocycles. The highest BCUT2D eigenvalue weighted by atomic mass is 35.5. The number of methoxy groups -OCH3 is 1. The maximum Gasteiger partial charge on any atom is 0.160 e. The van der Waals surface area contributed by atoms with Crippen LogP contribution in [0, 0.1) is 0 Å². The molecule has 0 amide bonds. The summed E-state index contributed by atoms with van der Waals surface area (Å²) >= 11 is 0. The summed E-state index contributed by atoms with van der Waals surface area (Å²) in [6.07, 6.45) is 0.688. The standard InChI is InChI=1S/C14H22N2O3.ClH/c1-19-14-10-11(2-3-13(14)18)12(4-9-17)16-7-5-15-6-8-16;/h2-3,10,12,15,17-18H,4-9H2,1H3;1H/t12-;/m1./s1. The van der Waals surface area contributed by atoms with Crippen LogP contribution in [0.25, 0.3) is 0 Å². The molecule has 1 aromatic rings. The Morgan fingerprint density at radius 3 is 2.65 bits per heavy atom. The summed E-state index contributed by atoms with van der Waals surface area (Å²) in [6, 6.07) is 5.58. The topological polar surface area (TPSA) is 65.0 Å². The minimum absolute atomic E-state index is 0. The van der Waals surface area contributed by atoms with Gasteiger partial charge in [0.1, 0.15) is 0 Å². The predicted octanol–water partition coefficient (Wildman–Crippen LogP) is 1.15. The zero-order valence-electron chi connectivity index (χ0n) is 11.7. The van der Waals surface area contributed by atoms with Crippen molar-refractivity contribution in [1.29, 1.82) is 0 Å². The van der Waals surface area contributed by atoms with Gasteiger partial charge in [0.05, 0.1) is 7.11 Å². The zero-order valence-corrected chi connectivity index (χ0v) is 12.5. The lowest BCUT2D eigenvalue weighted by Gasteiger charge is -2.35. The Hall–Kier alpha value is -1.01. The number of nitrogens with zero attached hydrogens (tertiary/aromatic N) is 1. The van der Waals surface area contributed by atoms with Crippen LogP contribution in [0.2, 0.25) is 0 Å². The van der Waals surface area contributed by atoms with Gasteiger partial charge in [-0.3, -0.25) is 4.90 Å². The summed E-state index contributed by atoms with van der Waals surface area (Å²) in [7, 11) is 1.55. The second kappa shape index (κ2) is 8.32. The Labute approximate surface area is 126 Å². The monoisotopic (exact) mass is 302 g/mol. The number of hydrogen-bond donors (Lipinski definition) is 3. The van der Waals surface area contributed by atoms with E-state index >= 15 is 0 Å². The molecule has 114 valence electrons. The highest BCUT2D eigenvalue weighted by Gasteiger charge is 2.22. The summed E-state index contributed by atoms with van der Waals surface area (Å²) in [5.74, 6) is 0.630. The van der Waals surface area contributed by atoms with E-state index in [0.717, 1.165) is 31.7 Å². The highest BCUT2D eigenvalue weighted by molar-refractivity contribution is 5.85. The van der Waals surface area contributed by atoms with Crippen molar-refractivity contribution in [3.8, 4) is 11.5 Å². The first kappa shape index (κ1) is 17.0. The van der Waals surface area contributed by atoms with Gasteiger partial charge in [-0.25, -0.2) is 0 Å². The number of piperazine rings is 1. The number of aliphatic hydroxyl groups excluding tert-OH is 1. The van der Waals surface area contributed by atoms with Crippen molar-refractivity contribution < 1.29 is 14.9 Å². The molecule has 0 bridgehead atoms. The molecule has 0 unspecified atom stereocenters. The van der Waals surface area contributed by atoms with E-state index in [2.05, 4.69) is 10.2 Å². The van der Waals surface area contributed by atoms with Crippen molar-refractivity contribution in [3.05, 3.63) is 23.8 Å². The van der Waals surface area contributed by atoms with Gasteiger partial charge in [0.25, 0.3) is 0 Å². The molecule has 0 spiro atoms. The molecular weight excluding hydrogens is 280 g/mol. The number of phenolic OH excluding ortho intramolecular Hbond substituents is 1. The van der Waals surface area contributed by atoms with E-state index in [9.17, 15) is 10.2 Å². The number of hydrogen-bond acceptors (Lipinski definition) is 5. The van der Waals surface area contributed by atoms with Crippen LogP contribution in [0.3, 0.4) is 0 Å². The molecule has 1 heterocycles. The molecule has 1 atom stereocenters. The third-order valence-electron chi connectivity index (χ3n) is 3.58. The van der Waals surface area contributed by atoms with Crippen LogP contribution in [0.15, 0.2) is 18.2 Å². The Balaban J connectivity index is 0.00000200. The summed E-state index contributed by atoms with van der Waals surface area (Å²) in [6.45, 7) is 4.02. The van der Waals surface area contributed by atoms with Gasteiger partial charge >= 0.3 is 0 Å². The van der Waals surface area contributed by atoms with Crippen LogP contribution in [0.5, 0.6) is 11.5 Å². The van der Waals surface area contributed by atoms with Crippen LogP contribution in [-0.2, 0) is 0 Å². The molecule has 6 heteroatoms. The lowest BCUT2D eigenvalue weighted by atomic mass is 10.0.